The minimum atomic E-state index is -4.25. The largest absolute Gasteiger partial charge is 0.481 e. The second-order valence-corrected chi connectivity index (χ2v) is 5.80. The molecular formula is C16H19F3N2O3. The van der Waals surface area contributed by atoms with Gasteiger partial charge in [-0.2, -0.15) is 13.2 Å². The number of urea groups is 1. The monoisotopic (exact) mass is 344 g/mol. The Hall–Kier alpha value is -2.25. The summed E-state index contributed by atoms with van der Waals surface area (Å²) in [4.78, 5) is 24.6. The van der Waals surface area contributed by atoms with E-state index in [2.05, 4.69) is 5.32 Å². The Bertz CT molecular complexity index is 596. The number of carbonyl (C=O) groups is 2. The van der Waals surface area contributed by atoms with Gasteiger partial charge in [0, 0.05) is 25.2 Å². The fourth-order valence-electron chi connectivity index (χ4n) is 2.66. The molecule has 1 saturated heterocycles. The SMILES string of the molecule is O=C(O)C1CCN(C(=O)Nc2ccccc2CCC(F)(F)F)CC1. The molecule has 0 spiro atoms. The highest BCUT2D eigenvalue weighted by molar-refractivity contribution is 5.90. The van der Waals surface area contributed by atoms with Crippen LogP contribution in [0.5, 0.6) is 0 Å². The van der Waals surface area contributed by atoms with E-state index in [9.17, 15) is 22.8 Å². The Morgan fingerprint density at radius 1 is 1.21 bits per heavy atom. The summed E-state index contributed by atoms with van der Waals surface area (Å²) >= 11 is 0. The quantitative estimate of drug-likeness (QED) is 0.878. The molecule has 2 rings (SSSR count). The zero-order valence-electron chi connectivity index (χ0n) is 13.0. The van der Waals surface area contributed by atoms with E-state index in [4.69, 9.17) is 5.11 Å². The summed E-state index contributed by atoms with van der Waals surface area (Å²) in [6.07, 6.45) is -4.67. The van der Waals surface area contributed by atoms with Gasteiger partial charge in [-0.15, -0.1) is 0 Å². The second kappa shape index (κ2) is 7.55. The number of rotatable bonds is 4. The third kappa shape index (κ3) is 5.14. The number of aliphatic carboxylic acids is 1. The molecule has 1 heterocycles. The van der Waals surface area contributed by atoms with Gasteiger partial charge in [0.05, 0.1) is 5.92 Å². The van der Waals surface area contributed by atoms with E-state index in [-0.39, 0.29) is 6.42 Å². The zero-order chi connectivity index (χ0) is 17.7. The molecule has 0 atom stereocenters. The number of nitrogens with zero attached hydrogens (tertiary/aromatic N) is 1. The average Bonchev–Trinajstić information content (AvgIpc) is 2.53. The van der Waals surface area contributed by atoms with Gasteiger partial charge >= 0.3 is 18.2 Å². The van der Waals surface area contributed by atoms with Gasteiger partial charge in [-0.25, -0.2) is 4.79 Å². The molecule has 8 heteroatoms. The minimum Gasteiger partial charge on any atom is -0.481 e. The molecule has 24 heavy (non-hydrogen) atoms. The third-order valence-corrected chi connectivity index (χ3v) is 4.07. The van der Waals surface area contributed by atoms with Crippen LogP contribution in [-0.4, -0.2) is 41.3 Å². The van der Waals surface area contributed by atoms with Crippen molar-refractivity contribution in [2.45, 2.75) is 31.9 Å². The van der Waals surface area contributed by atoms with Crippen LogP contribution in [0.2, 0.25) is 0 Å². The summed E-state index contributed by atoms with van der Waals surface area (Å²) in [6, 6.07) is 5.97. The average molecular weight is 344 g/mol. The van der Waals surface area contributed by atoms with E-state index in [1.165, 1.54) is 4.90 Å². The first-order valence-electron chi connectivity index (χ1n) is 7.69. The maximum Gasteiger partial charge on any atom is 0.389 e. The predicted octanol–water partition coefficient (Wildman–Crippen LogP) is 3.51. The standard InChI is InChI=1S/C16H19F3N2O3/c17-16(18,19)8-5-11-3-1-2-4-13(11)20-15(24)21-9-6-12(7-10-21)14(22)23/h1-4,12H,5-10H2,(H,20,24)(H,22,23). The van der Waals surface area contributed by atoms with Crippen molar-refractivity contribution in [3.8, 4) is 0 Å². The highest BCUT2D eigenvalue weighted by Crippen LogP contribution is 2.26. The minimum absolute atomic E-state index is 0.207. The topological polar surface area (TPSA) is 69.6 Å². The van der Waals surface area contributed by atoms with Gasteiger partial charge in [-0.05, 0) is 30.9 Å². The fraction of sp³-hybridized carbons (Fsp3) is 0.500. The predicted molar refractivity (Wildman–Crippen MR) is 81.8 cm³/mol. The molecule has 1 aromatic rings. The molecule has 0 bridgehead atoms. The number of piperidine rings is 1. The van der Waals surface area contributed by atoms with Gasteiger partial charge in [-0.1, -0.05) is 18.2 Å². The van der Waals surface area contributed by atoms with Gasteiger partial charge in [0.1, 0.15) is 0 Å². The number of carboxylic acids is 1. The van der Waals surface area contributed by atoms with Crippen molar-refractivity contribution in [1.29, 1.82) is 0 Å². The lowest BCUT2D eigenvalue weighted by atomic mass is 9.97. The summed E-state index contributed by atoms with van der Waals surface area (Å²) in [7, 11) is 0. The number of aryl methyl sites for hydroxylation is 1. The summed E-state index contributed by atoms with van der Waals surface area (Å²) in [5.74, 6) is -1.32. The van der Waals surface area contributed by atoms with Crippen LogP contribution in [0.4, 0.5) is 23.7 Å². The molecule has 1 fully saturated rings. The number of para-hydroxylation sites is 1. The van der Waals surface area contributed by atoms with Crippen molar-refractivity contribution < 1.29 is 27.9 Å². The number of halogens is 3. The van der Waals surface area contributed by atoms with Crippen molar-refractivity contribution in [3.05, 3.63) is 29.8 Å². The van der Waals surface area contributed by atoms with Crippen molar-refractivity contribution in [3.63, 3.8) is 0 Å². The van der Waals surface area contributed by atoms with Crippen LogP contribution in [0.1, 0.15) is 24.8 Å². The smallest absolute Gasteiger partial charge is 0.389 e. The number of nitrogens with one attached hydrogen (secondary N) is 1. The summed E-state index contributed by atoms with van der Waals surface area (Å²) in [5.41, 5.74) is 0.774. The lowest BCUT2D eigenvalue weighted by Crippen LogP contribution is -2.42. The summed E-state index contributed by atoms with van der Waals surface area (Å²) < 4.78 is 37.2. The lowest BCUT2D eigenvalue weighted by Gasteiger charge is -2.30. The van der Waals surface area contributed by atoms with E-state index < -0.39 is 30.5 Å². The normalized spacial score (nSPS) is 16.0. The Kier molecular flexibility index (Phi) is 5.69. The molecule has 2 N–H and O–H groups in total. The third-order valence-electron chi connectivity index (χ3n) is 4.07. The van der Waals surface area contributed by atoms with Crippen molar-refractivity contribution >= 4 is 17.7 Å². The van der Waals surface area contributed by atoms with Gasteiger partial charge < -0.3 is 15.3 Å². The number of alkyl halides is 3. The molecule has 1 aliphatic heterocycles. The first kappa shape index (κ1) is 18.1. The molecule has 2 amide bonds. The van der Waals surface area contributed by atoms with E-state index in [0.29, 0.717) is 37.2 Å². The van der Waals surface area contributed by atoms with E-state index in [0.717, 1.165) is 0 Å². The molecule has 5 nitrogen and oxygen atoms in total. The van der Waals surface area contributed by atoms with Gasteiger partial charge in [0.2, 0.25) is 0 Å². The van der Waals surface area contributed by atoms with Crippen LogP contribution in [0.3, 0.4) is 0 Å². The Balaban J connectivity index is 1.96. The molecule has 0 aliphatic carbocycles. The van der Waals surface area contributed by atoms with Gasteiger partial charge in [0.15, 0.2) is 0 Å². The first-order valence-corrected chi connectivity index (χ1v) is 7.69. The number of amides is 2. The van der Waals surface area contributed by atoms with Crippen LogP contribution >= 0.6 is 0 Å². The van der Waals surface area contributed by atoms with Crippen LogP contribution in [0.15, 0.2) is 24.3 Å². The number of hydrogen-bond donors (Lipinski definition) is 2. The summed E-state index contributed by atoms with van der Waals surface area (Å²) in [6.45, 7) is 0.626. The van der Waals surface area contributed by atoms with Crippen LogP contribution in [-0.2, 0) is 11.2 Å². The Labute approximate surface area is 137 Å². The Morgan fingerprint density at radius 2 is 1.83 bits per heavy atom. The molecule has 0 saturated carbocycles. The number of anilines is 1. The van der Waals surface area contributed by atoms with Crippen LogP contribution < -0.4 is 5.32 Å². The maximum absolute atomic E-state index is 12.4. The molecule has 132 valence electrons. The molecule has 0 radical (unpaired) electrons. The first-order chi connectivity index (χ1) is 11.3. The van der Waals surface area contributed by atoms with Crippen molar-refractivity contribution in [1.82, 2.24) is 4.90 Å². The zero-order valence-corrected chi connectivity index (χ0v) is 13.0. The maximum atomic E-state index is 12.4. The highest BCUT2D eigenvalue weighted by Gasteiger charge is 2.28. The lowest BCUT2D eigenvalue weighted by molar-refractivity contribution is -0.143. The number of benzene rings is 1. The second-order valence-electron chi connectivity index (χ2n) is 5.80. The summed E-state index contributed by atoms with van der Waals surface area (Å²) in [5, 5.41) is 11.6. The van der Waals surface area contributed by atoms with Crippen LogP contribution in [0, 0.1) is 5.92 Å². The molecule has 0 unspecified atom stereocenters. The number of hydrogen-bond acceptors (Lipinski definition) is 2. The molecule has 1 aliphatic rings. The van der Waals surface area contributed by atoms with Crippen molar-refractivity contribution in [2.75, 3.05) is 18.4 Å². The molecule has 0 aromatic heterocycles. The van der Waals surface area contributed by atoms with Gasteiger partial charge in [-0.3, -0.25) is 4.79 Å². The highest BCUT2D eigenvalue weighted by atomic mass is 19.4. The Morgan fingerprint density at radius 3 is 2.42 bits per heavy atom. The van der Waals surface area contributed by atoms with E-state index in [1.807, 2.05) is 0 Å². The number of carboxylic acid groups (broad SMARTS) is 1. The number of carbonyl (C=O) groups excluding carboxylic acids is 1. The van der Waals surface area contributed by atoms with Crippen molar-refractivity contribution in [2.24, 2.45) is 5.92 Å². The van der Waals surface area contributed by atoms with E-state index >= 15 is 0 Å². The van der Waals surface area contributed by atoms with Gasteiger partial charge in [0.25, 0.3) is 0 Å². The molecular weight excluding hydrogens is 325 g/mol. The molecule has 1 aromatic carbocycles. The van der Waals surface area contributed by atoms with Crippen LogP contribution in [0.25, 0.3) is 0 Å². The number of likely N-dealkylation sites (tertiary alicyclic amines) is 1. The van der Waals surface area contributed by atoms with E-state index in [1.54, 1.807) is 24.3 Å². The fourth-order valence-corrected chi connectivity index (χ4v) is 2.66.